The Morgan fingerprint density at radius 2 is 1.88 bits per heavy atom. The second-order valence-corrected chi connectivity index (χ2v) is 8.07. The lowest BCUT2D eigenvalue weighted by Crippen LogP contribution is -2.35. The first-order valence-electron chi connectivity index (χ1n) is 9.79. The summed E-state index contributed by atoms with van der Waals surface area (Å²) in [5.41, 5.74) is 5.66. The highest BCUT2D eigenvalue weighted by Gasteiger charge is 2.31. The van der Waals surface area contributed by atoms with Gasteiger partial charge in [-0.1, -0.05) is 30.3 Å². The van der Waals surface area contributed by atoms with E-state index in [0.717, 1.165) is 11.3 Å². The highest BCUT2D eigenvalue weighted by Crippen LogP contribution is 2.29. The van der Waals surface area contributed by atoms with Crippen molar-refractivity contribution in [1.82, 2.24) is 9.55 Å². The fraction of sp³-hybridized carbons (Fsp3) is 0.318. The number of benzene rings is 1. The molecule has 168 valence electrons. The Morgan fingerprint density at radius 1 is 1.19 bits per heavy atom. The molecule has 1 amide bonds. The third kappa shape index (κ3) is 4.46. The second kappa shape index (κ2) is 9.84. The molecular formula is C22H23N3O6S. The first kappa shape index (κ1) is 23.3. The molecule has 32 heavy (non-hydrogen) atoms. The van der Waals surface area contributed by atoms with Crippen LogP contribution in [0.2, 0.25) is 0 Å². The maximum Gasteiger partial charge on any atom is 0.308 e. The predicted molar refractivity (Wildman–Crippen MR) is 119 cm³/mol. The molecule has 0 radical (unpaired) electrons. The van der Waals surface area contributed by atoms with Crippen molar-refractivity contribution in [3.05, 3.63) is 62.5 Å². The largest absolute Gasteiger partial charge is 0.469 e. The summed E-state index contributed by atoms with van der Waals surface area (Å²) in [6, 6.07) is 7.19. The number of nitrogens with two attached hydrogens (primary N) is 1. The molecule has 3 aromatic rings. The van der Waals surface area contributed by atoms with E-state index < -0.39 is 29.3 Å². The van der Waals surface area contributed by atoms with Crippen LogP contribution in [0.15, 0.2) is 35.1 Å². The molecule has 0 aliphatic rings. The van der Waals surface area contributed by atoms with Crippen molar-refractivity contribution in [2.75, 3.05) is 20.8 Å². The van der Waals surface area contributed by atoms with Gasteiger partial charge in [0.15, 0.2) is 5.78 Å². The van der Waals surface area contributed by atoms with Crippen LogP contribution in [0.5, 0.6) is 0 Å². The molecule has 10 heteroatoms. The molecule has 1 atom stereocenters. The van der Waals surface area contributed by atoms with Crippen LogP contribution in [-0.4, -0.2) is 48.0 Å². The molecule has 2 heterocycles. The fourth-order valence-corrected chi connectivity index (χ4v) is 4.54. The number of amides is 1. The quantitative estimate of drug-likeness (QED) is 0.384. The van der Waals surface area contributed by atoms with Crippen LogP contribution in [0.25, 0.3) is 10.2 Å². The fourth-order valence-electron chi connectivity index (χ4n) is 3.50. The van der Waals surface area contributed by atoms with Crippen LogP contribution in [-0.2, 0) is 20.7 Å². The molecule has 0 fully saturated rings. The molecule has 0 saturated carbocycles. The van der Waals surface area contributed by atoms with E-state index in [9.17, 15) is 19.2 Å². The minimum absolute atomic E-state index is 0.195. The van der Waals surface area contributed by atoms with Gasteiger partial charge in [0.2, 0.25) is 0 Å². The maximum absolute atomic E-state index is 13.6. The molecule has 2 aromatic heterocycles. The van der Waals surface area contributed by atoms with Crippen molar-refractivity contribution in [3.63, 3.8) is 0 Å². The van der Waals surface area contributed by atoms with E-state index in [2.05, 4.69) is 4.98 Å². The number of nitrogens with zero attached hydrogens (tertiary/aromatic N) is 2. The van der Waals surface area contributed by atoms with E-state index in [-0.39, 0.29) is 35.5 Å². The van der Waals surface area contributed by atoms with Crippen molar-refractivity contribution >= 4 is 39.2 Å². The van der Waals surface area contributed by atoms with E-state index in [4.69, 9.17) is 15.2 Å². The summed E-state index contributed by atoms with van der Waals surface area (Å²) in [4.78, 5) is 56.2. The number of rotatable bonds is 9. The highest BCUT2D eigenvalue weighted by molar-refractivity contribution is 7.20. The molecule has 3 rings (SSSR count). The standard InChI is InChI=1S/C22H23N3O6S/c1-12-17-21(32-19(12)20(23)28)24-15(9-10-30-2)25(22(17)29)14(11-16(26)31-3)18(27)13-7-5-4-6-8-13/h4-8,14H,9-11H2,1-3H3,(H2,23,28). The van der Waals surface area contributed by atoms with E-state index in [1.807, 2.05) is 0 Å². The molecule has 1 unspecified atom stereocenters. The number of primary amides is 1. The monoisotopic (exact) mass is 457 g/mol. The topological polar surface area (TPSA) is 131 Å². The Balaban J connectivity index is 2.30. The Labute approximate surface area is 187 Å². The van der Waals surface area contributed by atoms with E-state index in [0.29, 0.717) is 16.0 Å². The summed E-state index contributed by atoms with van der Waals surface area (Å²) in [7, 11) is 2.72. The van der Waals surface area contributed by atoms with Crippen LogP contribution in [0.4, 0.5) is 0 Å². The van der Waals surface area contributed by atoms with E-state index in [1.165, 1.54) is 18.8 Å². The molecule has 0 saturated heterocycles. The average molecular weight is 458 g/mol. The summed E-state index contributed by atoms with van der Waals surface area (Å²) >= 11 is 1.02. The molecule has 9 nitrogen and oxygen atoms in total. The lowest BCUT2D eigenvalue weighted by Gasteiger charge is -2.21. The zero-order valence-corrected chi connectivity index (χ0v) is 18.7. The summed E-state index contributed by atoms with van der Waals surface area (Å²) in [5, 5.41) is 0.195. The molecule has 1 aromatic carbocycles. The van der Waals surface area contributed by atoms with Crippen molar-refractivity contribution < 1.29 is 23.9 Å². The predicted octanol–water partition coefficient (Wildman–Crippen LogP) is 2.04. The molecule has 0 spiro atoms. The number of carbonyl (C=O) groups excluding carboxylic acids is 3. The van der Waals surface area contributed by atoms with E-state index in [1.54, 1.807) is 37.3 Å². The third-order valence-electron chi connectivity index (χ3n) is 5.08. The Bertz CT molecular complexity index is 1230. The number of aryl methyl sites for hydroxylation is 1. The number of ketones is 1. The zero-order chi connectivity index (χ0) is 23.4. The Kier molecular flexibility index (Phi) is 7.16. The first-order chi connectivity index (χ1) is 15.3. The van der Waals surface area contributed by atoms with Crippen LogP contribution in [0.1, 0.15) is 43.9 Å². The van der Waals surface area contributed by atoms with Crippen molar-refractivity contribution in [3.8, 4) is 0 Å². The number of aromatic nitrogens is 2. The smallest absolute Gasteiger partial charge is 0.308 e. The maximum atomic E-state index is 13.6. The van der Waals surface area contributed by atoms with Crippen LogP contribution in [0, 0.1) is 6.92 Å². The minimum atomic E-state index is -1.18. The average Bonchev–Trinajstić information content (AvgIpc) is 3.13. The Morgan fingerprint density at radius 3 is 2.47 bits per heavy atom. The molecular weight excluding hydrogens is 434 g/mol. The number of methoxy groups -OCH3 is 2. The van der Waals surface area contributed by atoms with Crippen molar-refractivity contribution in [2.45, 2.75) is 25.8 Å². The van der Waals surface area contributed by atoms with Gasteiger partial charge in [-0.15, -0.1) is 11.3 Å². The van der Waals surface area contributed by atoms with Gasteiger partial charge >= 0.3 is 5.97 Å². The van der Waals surface area contributed by atoms with Gasteiger partial charge in [0.25, 0.3) is 11.5 Å². The Hall–Kier alpha value is -3.37. The number of esters is 1. The normalized spacial score (nSPS) is 12.0. The van der Waals surface area contributed by atoms with Gasteiger partial charge in [-0.25, -0.2) is 4.98 Å². The summed E-state index contributed by atoms with van der Waals surface area (Å²) in [6.45, 7) is 1.84. The summed E-state index contributed by atoms with van der Waals surface area (Å²) in [5.74, 6) is -1.48. The summed E-state index contributed by atoms with van der Waals surface area (Å²) < 4.78 is 11.1. The minimum Gasteiger partial charge on any atom is -0.469 e. The number of Topliss-reactive ketones (excluding diaryl/α,β-unsaturated/α-hetero) is 1. The number of fused-ring (bicyclic) bond motifs is 1. The number of hydrogen-bond donors (Lipinski definition) is 1. The van der Waals surface area contributed by atoms with Gasteiger partial charge in [0.05, 0.1) is 30.4 Å². The molecule has 0 bridgehead atoms. The first-order valence-corrected chi connectivity index (χ1v) is 10.6. The van der Waals surface area contributed by atoms with Crippen LogP contribution < -0.4 is 11.3 Å². The SMILES string of the molecule is COCCc1nc2sc(C(N)=O)c(C)c2c(=O)n1C(CC(=O)OC)C(=O)c1ccccc1. The van der Waals surface area contributed by atoms with Gasteiger partial charge in [-0.2, -0.15) is 0 Å². The number of hydrogen-bond acceptors (Lipinski definition) is 8. The molecule has 0 aliphatic carbocycles. The molecule has 2 N–H and O–H groups in total. The van der Waals surface area contributed by atoms with Gasteiger partial charge < -0.3 is 15.2 Å². The van der Waals surface area contributed by atoms with Gasteiger partial charge in [-0.05, 0) is 12.5 Å². The van der Waals surface area contributed by atoms with Crippen LogP contribution in [0.3, 0.4) is 0 Å². The summed E-state index contributed by atoms with van der Waals surface area (Å²) in [6.07, 6.45) is -0.145. The van der Waals surface area contributed by atoms with Crippen molar-refractivity contribution in [1.29, 1.82) is 0 Å². The van der Waals surface area contributed by atoms with E-state index >= 15 is 0 Å². The van der Waals surface area contributed by atoms with Gasteiger partial charge in [0, 0.05) is 19.1 Å². The lowest BCUT2D eigenvalue weighted by atomic mass is 10.0. The van der Waals surface area contributed by atoms with Gasteiger partial charge in [0.1, 0.15) is 16.7 Å². The highest BCUT2D eigenvalue weighted by atomic mass is 32.1. The second-order valence-electron chi connectivity index (χ2n) is 7.07. The number of carbonyl (C=O) groups is 3. The van der Waals surface area contributed by atoms with Crippen LogP contribution >= 0.6 is 11.3 Å². The third-order valence-corrected chi connectivity index (χ3v) is 6.28. The number of ether oxygens (including phenoxy) is 2. The van der Waals surface area contributed by atoms with Gasteiger partial charge in [-0.3, -0.25) is 23.7 Å². The zero-order valence-electron chi connectivity index (χ0n) is 17.9. The molecule has 0 aliphatic heterocycles. The number of thiophene rings is 1. The lowest BCUT2D eigenvalue weighted by molar-refractivity contribution is -0.141. The van der Waals surface area contributed by atoms with Crippen molar-refractivity contribution in [2.24, 2.45) is 5.73 Å².